The molecule has 0 radical (unpaired) electrons. The van der Waals surface area contributed by atoms with Crippen LogP contribution in [-0.2, 0) is 0 Å². The zero-order chi connectivity index (χ0) is 10.8. The van der Waals surface area contributed by atoms with Gasteiger partial charge in [0.05, 0.1) is 0 Å². The maximum Gasteiger partial charge on any atom is 0.339 e. The Labute approximate surface area is 86.2 Å². The lowest BCUT2D eigenvalue weighted by Crippen LogP contribution is -1.94. The molecule has 0 aliphatic carbocycles. The highest BCUT2D eigenvalue weighted by atomic mass is 16.4. The fourth-order valence-electron chi connectivity index (χ4n) is 1.35. The predicted molar refractivity (Wildman–Crippen MR) is 53.6 cm³/mol. The molecule has 0 atom stereocenters. The number of hydrogen-bond acceptors (Lipinski definition) is 3. The number of aromatic carboxylic acids is 1. The molecule has 0 aliphatic heterocycles. The molecule has 76 valence electrons. The molecule has 0 bridgehead atoms. The summed E-state index contributed by atoms with van der Waals surface area (Å²) in [5, 5.41) is 8.85. The van der Waals surface area contributed by atoms with E-state index >= 15 is 0 Å². The minimum atomic E-state index is -0.980. The van der Waals surface area contributed by atoms with Crippen LogP contribution in [0.3, 0.4) is 0 Å². The Morgan fingerprint density at radius 2 is 2.33 bits per heavy atom. The summed E-state index contributed by atoms with van der Waals surface area (Å²) in [7, 11) is 0. The highest BCUT2D eigenvalue weighted by molar-refractivity contribution is 5.90. The largest absolute Gasteiger partial charge is 0.478 e. The van der Waals surface area contributed by atoms with Crippen LogP contribution in [0.4, 0.5) is 0 Å². The summed E-state index contributed by atoms with van der Waals surface area (Å²) < 4.78 is 5.34. The van der Waals surface area contributed by atoms with Crippen molar-refractivity contribution in [2.24, 2.45) is 0 Å². The lowest BCUT2D eigenvalue weighted by Gasteiger charge is -1.92. The molecule has 0 saturated heterocycles. The van der Waals surface area contributed by atoms with Gasteiger partial charge < -0.3 is 9.52 Å². The molecule has 0 unspecified atom stereocenters. The van der Waals surface area contributed by atoms with Gasteiger partial charge in [-0.25, -0.2) is 4.79 Å². The number of aryl methyl sites for hydroxylation is 1. The molecule has 0 aliphatic rings. The summed E-state index contributed by atoms with van der Waals surface area (Å²) in [5.74, 6) is -0.0502. The van der Waals surface area contributed by atoms with E-state index in [-0.39, 0.29) is 5.56 Å². The number of pyridine rings is 1. The summed E-state index contributed by atoms with van der Waals surface area (Å²) in [6.45, 7) is 1.63. The van der Waals surface area contributed by atoms with Crippen molar-refractivity contribution in [1.82, 2.24) is 4.98 Å². The molecule has 1 N–H and O–H groups in total. The molecule has 2 aromatic heterocycles. The third-order valence-corrected chi connectivity index (χ3v) is 2.09. The van der Waals surface area contributed by atoms with E-state index in [0.29, 0.717) is 11.5 Å². The van der Waals surface area contributed by atoms with E-state index in [1.54, 1.807) is 25.4 Å². The van der Waals surface area contributed by atoms with Gasteiger partial charge in [-0.3, -0.25) is 4.98 Å². The Bertz CT molecular complexity index is 488. The van der Waals surface area contributed by atoms with Crippen molar-refractivity contribution >= 4 is 5.97 Å². The van der Waals surface area contributed by atoms with Crippen molar-refractivity contribution < 1.29 is 14.3 Å². The molecule has 2 heterocycles. The Balaban J connectivity index is 2.48. The number of carboxylic acids is 1. The number of aromatic nitrogens is 1. The molecule has 2 aromatic rings. The molecular formula is C11H9NO3. The number of hydrogen-bond donors (Lipinski definition) is 1. The number of furan rings is 1. The molecular weight excluding hydrogens is 194 g/mol. The first-order valence-corrected chi connectivity index (χ1v) is 4.42. The molecule has 0 spiro atoms. The van der Waals surface area contributed by atoms with Gasteiger partial charge in [0, 0.05) is 18.0 Å². The second-order valence-electron chi connectivity index (χ2n) is 3.13. The van der Waals surface area contributed by atoms with E-state index in [9.17, 15) is 4.79 Å². The average Bonchev–Trinajstić information content (AvgIpc) is 2.62. The van der Waals surface area contributed by atoms with Crippen LogP contribution in [-0.4, -0.2) is 16.1 Å². The van der Waals surface area contributed by atoms with Crippen molar-refractivity contribution in [1.29, 1.82) is 0 Å². The molecule has 0 aromatic carbocycles. The molecule has 4 heteroatoms. The van der Waals surface area contributed by atoms with E-state index in [0.717, 1.165) is 5.56 Å². The molecule has 15 heavy (non-hydrogen) atoms. The van der Waals surface area contributed by atoms with E-state index in [2.05, 4.69) is 4.98 Å². The van der Waals surface area contributed by atoms with Crippen LogP contribution in [0.1, 0.15) is 16.1 Å². The standard InChI is InChI=1S/C11H9NO3/c1-7-9(11(13)14)5-10(15-7)8-3-2-4-12-6-8/h2-6H,1H3,(H,13,14). The fraction of sp³-hybridized carbons (Fsp3) is 0.0909. The highest BCUT2D eigenvalue weighted by Gasteiger charge is 2.14. The molecule has 0 saturated carbocycles. The summed E-state index contributed by atoms with van der Waals surface area (Å²) in [4.78, 5) is 14.7. The molecule has 0 amide bonds. The van der Waals surface area contributed by atoms with Crippen LogP contribution in [0.2, 0.25) is 0 Å². The average molecular weight is 203 g/mol. The Morgan fingerprint density at radius 1 is 1.53 bits per heavy atom. The second-order valence-corrected chi connectivity index (χ2v) is 3.13. The lowest BCUT2D eigenvalue weighted by atomic mass is 10.2. The second kappa shape index (κ2) is 3.57. The van der Waals surface area contributed by atoms with Gasteiger partial charge in [0.2, 0.25) is 0 Å². The van der Waals surface area contributed by atoms with Crippen LogP contribution in [0, 0.1) is 6.92 Å². The molecule has 4 nitrogen and oxygen atoms in total. The normalized spacial score (nSPS) is 10.2. The maximum absolute atomic E-state index is 10.8. The number of carboxylic acid groups (broad SMARTS) is 1. The van der Waals surface area contributed by atoms with Gasteiger partial charge >= 0.3 is 5.97 Å². The van der Waals surface area contributed by atoms with Crippen LogP contribution in [0.5, 0.6) is 0 Å². The highest BCUT2D eigenvalue weighted by Crippen LogP contribution is 2.24. The summed E-state index contributed by atoms with van der Waals surface area (Å²) in [6, 6.07) is 5.10. The third kappa shape index (κ3) is 1.74. The van der Waals surface area contributed by atoms with Gasteiger partial charge in [-0.05, 0) is 25.1 Å². The van der Waals surface area contributed by atoms with Crippen LogP contribution < -0.4 is 0 Å². The van der Waals surface area contributed by atoms with Gasteiger partial charge in [0.25, 0.3) is 0 Å². The molecule has 2 rings (SSSR count). The van der Waals surface area contributed by atoms with Gasteiger partial charge in [-0.2, -0.15) is 0 Å². The quantitative estimate of drug-likeness (QED) is 0.813. The first-order valence-electron chi connectivity index (χ1n) is 4.42. The van der Waals surface area contributed by atoms with Gasteiger partial charge in [-0.15, -0.1) is 0 Å². The summed E-state index contributed by atoms with van der Waals surface area (Å²) >= 11 is 0. The minimum absolute atomic E-state index is 0.189. The van der Waals surface area contributed by atoms with Crippen molar-refractivity contribution in [2.45, 2.75) is 6.92 Å². The molecule has 0 fully saturated rings. The van der Waals surface area contributed by atoms with Crippen molar-refractivity contribution in [2.75, 3.05) is 0 Å². The van der Waals surface area contributed by atoms with Crippen LogP contribution in [0.25, 0.3) is 11.3 Å². The summed E-state index contributed by atoms with van der Waals surface area (Å²) in [6.07, 6.45) is 3.28. The number of carbonyl (C=O) groups is 1. The third-order valence-electron chi connectivity index (χ3n) is 2.09. The first-order chi connectivity index (χ1) is 7.18. The van der Waals surface area contributed by atoms with Crippen LogP contribution in [0.15, 0.2) is 35.0 Å². The predicted octanol–water partition coefficient (Wildman–Crippen LogP) is 2.35. The minimum Gasteiger partial charge on any atom is -0.478 e. The number of rotatable bonds is 2. The zero-order valence-electron chi connectivity index (χ0n) is 8.10. The Morgan fingerprint density at radius 3 is 2.87 bits per heavy atom. The van der Waals surface area contributed by atoms with E-state index in [1.165, 1.54) is 6.07 Å². The Kier molecular flexibility index (Phi) is 2.25. The lowest BCUT2D eigenvalue weighted by molar-refractivity contribution is 0.0695. The summed E-state index contributed by atoms with van der Waals surface area (Å²) in [5.41, 5.74) is 0.960. The van der Waals surface area contributed by atoms with E-state index in [1.807, 2.05) is 6.07 Å². The monoisotopic (exact) mass is 203 g/mol. The van der Waals surface area contributed by atoms with E-state index < -0.39 is 5.97 Å². The Hall–Kier alpha value is -2.10. The SMILES string of the molecule is Cc1oc(-c2cccnc2)cc1C(=O)O. The van der Waals surface area contributed by atoms with Crippen molar-refractivity contribution in [3.8, 4) is 11.3 Å². The smallest absolute Gasteiger partial charge is 0.339 e. The zero-order valence-corrected chi connectivity index (χ0v) is 8.10. The van der Waals surface area contributed by atoms with E-state index in [4.69, 9.17) is 9.52 Å². The van der Waals surface area contributed by atoms with Crippen molar-refractivity contribution in [3.63, 3.8) is 0 Å². The van der Waals surface area contributed by atoms with Gasteiger partial charge in [0.1, 0.15) is 17.1 Å². The van der Waals surface area contributed by atoms with Crippen molar-refractivity contribution in [3.05, 3.63) is 41.9 Å². The van der Waals surface area contributed by atoms with Gasteiger partial charge in [-0.1, -0.05) is 0 Å². The fourth-order valence-corrected chi connectivity index (χ4v) is 1.35. The topological polar surface area (TPSA) is 63.3 Å². The van der Waals surface area contributed by atoms with Gasteiger partial charge in [0.15, 0.2) is 0 Å². The maximum atomic E-state index is 10.8. The van der Waals surface area contributed by atoms with Crippen LogP contribution >= 0.6 is 0 Å². The number of nitrogens with zero attached hydrogens (tertiary/aromatic N) is 1. The first kappa shape index (κ1) is 9.45.